The minimum Gasteiger partial charge on any atom is -0.368 e. The summed E-state index contributed by atoms with van der Waals surface area (Å²) in [6.07, 6.45) is 0. The van der Waals surface area contributed by atoms with Crippen LogP contribution in [0.15, 0.2) is 70.3 Å². The van der Waals surface area contributed by atoms with E-state index in [9.17, 15) is 9.59 Å². The van der Waals surface area contributed by atoms with Gasteiger partial charge in [0.1, 0.15) is 0 Å². The molecule has 1 aromatic heterocycles. The Kier molecular flexibility index (Phi) is 6.73. The Labute approximate surface area is 216 Å². The van der Waals surface area contributed by atoms with Crippen molar-refractivity contribution in [1.82, 2.24) is 14.0 Å². The third-order valence-corrected chi connectivity index (χ3v) is 7.43. The Morgan fingerprint density at radius 3 is 2.17 bits per heavy atom. The van der Waals surface area contributed by atoms with Gasteiger partial charge in [0.25, 0.3) is 5.56 Å². The van der Waals surface area contributed by atoms with Crippen LogP contribution in [0.5, 0.6) is 0 Å². The molecule has 1 aliphatic rings. The van der Waals surface area contributed by atoms with Crippen molar-refractivity contribution in [3.05, 3.63) is 109 Å². The van der Waals surface area contributed by atoms with Gasteiger partial charge in [-0.25, -0.2) is 4.79 Å². The van der Waals surface area contributed by atoms with Crippen molar-refractivity contribution in [2.24, 2.45) is 0 Å². The molecule has 36 heavy (non-hydrogen) atoms. The van der Waals surface area contributed by atoms with E-state index in [-0.39, 0.29) is 17.8 Å². The lowest BCUT2D eigenvalue weighted by molar-refractivity contribution is 0.313. The second-order valence-electron chi connectivity index (χ2n) is 9.77. The highest BCUT2D eigenvalue weighted by Gasteiger charge is 2.23. The van der Waals surface area contributed by atoms with Gasteiger partial charge in [0.05, 0.1) is 29.7 Å². The van der Waals surface area contributed by atoms with Crippen LogP contribution in [0.25, 0.3) is 10.9 Å². The molecule has 1 fully saturated rings. The molecule has 7 heteroatoms. The maximum atomic E-state index is 14.0. The molecule has 4 aromatic rings. The molecule has 1 aliphatic heterocycles. The van der Waals surface area contributed by atoms with E-state index in [0.29, 0.717) is 22.5 Å². The fourth-order valence-electron chi connectivity index (χ4n) is 4.92. The highest BCUT2D eigenvalue weighted by Crippen LogP contribution is 2.29. The molecule has 0 N–H and O–H groups in total. The molecule has 6 nitrogen and oxygen atoms in total. The predicted octanol–water partition coefficient (Wildman–Crippen LogP) is 4.28. The van der Waals surface area contributed by atoms with Gasteiger partial charge >= 0.3 is 5.69 Å². The molecule has 0 spiro atoms. The minimum atomic E-state index is -0.332. The maximum Gasteiger partial charge on any atom is 0.332 e. The number of piperazine rings is 1. The second kappa shape index (κ2) is 9.96. The van der Waals surface area contributed by atoms with Crippen LogP contribution in [0.1, 0.15) is 22.3 Å². The number of anilines is 1. The summed E-state index contributed by atoms with van der Waals surface area (Å²) in [4.78, 5) is 32.4. The average Bonchev–Trinajstić information content (AvgIpc) is 2.87. The molecule has 5 rings (SSSR count). The van der Waals surface area contributed by atoms with Crippen molar-refractivity contribution in [3.8, 4) is 0 Å². The number of fused-ring (bicyclic) bond motifs is 1. The molecule has 0 amide bonds. The van der Waals surface area contributed by atoms with Gasteiger partial charge in [-0.05, 0) is 55.3 Å². The van der Waals surface area contributed by atoms with E-state index in [1.807, 2.05) is 55.5 Å². The number of aryl methyl sites for hydroxylation is 2. The SMILES string of the molecule is Cc1ccc(Cn2c(=O)c3c(N4CCN(C)CC4)cc(Cl)cc3n(Cc3ccccc3)c2=O)cc1C. The van der Waals surface area contributed by atoms with Crippen LogP contribution in [0.4, 0.5) is 5.69 Å². The molecular weight excluding hydrogens is 472 g/mol. The standard InChI is InChI=1S/C29H31ClN4O2/c1-20-9-10-23(15-21(20)2)19-34-28(35)27-25(32-13-11-31(3)12-14-32)16-24(30)17-26(27)33(29(34)36)18-22-7-5-4-6-8-22/h4-10,15-17H,11-14,18-19H2,1-3H3. The molecule has 1 saturated heterocycles. The Balaban J connectivity index is 1.75. The fourth-order valence-corrected chi connectivity index (χ4v) is 5.13. The van der Waals surface area contributed by atoms with Crippen molar-refractivity contribution in [3.63, 3.8) is 0 Å². The van der Waals surface area contributed by atoms with Crippen LogP contribution >= 0.6 is 11.6 Å². The number of aromatic nitrogens is 2. The molecular formula is C29H31ClN4O2. The lowest BCUT2D eigenvalue weighted by Crippen LogP contribution is -2.46. The fraction of sp³-hybridized carbons (Fsp3) is 0.310. The summed E-state index contributed by atoms with van der Waals surface area (Å²) in [5.41, 5.74) is 4.99. The Bertz CT molecular complexity index is 1530. The first kappa shape index (κ1) is 24.3. The van der Waals surface area contributed by atoms with Crippen LogP contribution in [-0.2, 0) is 13.1 Å². The number of nitrogens with zero attached hydrogens (tertiary/aromatic N) is 4. The lowest BCUT2D eigenvalue weighted by atomic mass is 10.1. The van der Waals surface area contributed by atoms with Gasteiger partial charge in [0.15, 0.2) is 0 Å². The van der Waals surface area contributed by atoms with E-state index in [2.05, 4.69) is 29.8 Å². The van der Waals surface area contributed by atoms with Crippen LogP contribution < -0.4 is 16.1 Å². The molecule has 0 bridgehead atoms. The summed E-state index contributed by atoms with van der Waals surface area (Å²) in [6.45, 7) is 8.05. The summed E-state index contributed by atoms with van der Waals surface area (Å²) < 4.78 is 3.07. The minimum absolute atomic E-state index is 0.217. The van der Waals surface area contributed by atoms with Crippen molar-refractivity contribution < 1.29 is 0 Å². The number of hydrogen-bond acceptors (Lipinski definition) is 4. The molecule has 186 valence electrons. The number of halogens is 1. The van der Waals surface area contributed by atoms with Crippen LogP contribution in [-0.4, -0.2) is 47.3 Å². The zero-order valence-electron chi connectivity index (χ0n) is 21.0. The van der Waals surface area contributed by atoms with Crippen molar-refractivity contribution in [1.29, 1.82) is 0 Å². The van der Waals surface area contributed by atoms with Gasteiger partial charge in [-0.1, -0.05) is 60.1 Å². The molecule has 0 atom stereocenters. The Hall–Kier alpha value is -3.35. The van der Waals surface area contributed by atoms with E-state index in [1.54, 1.807) is 10.6 Å². The smallest absolute Gasteiger partial charge is 0.332 e. The van der Waals surface area contributed by atoms with Crippen molar-refractivity contribution in [2.45, 2.75) is 26.9 Å². The van der Waals surface area contributed by atoms with Gasteiger partial charge in [0, 0.05) is 31.2 Å². The van der Waals surface area contributed by atoms with Gasteiger partial charge < -0.3 is 9.80 Å². The lowest BCUT2D eigenvalue weighted by Gasteiger charge is -2.34. The summed E-state index contributed by atoms with van der Waals surface area (Å²) >= 11 is 6.59. The molecule has 0 unspecified atom stereocenters. The van der Waals surface area contributed by atoms with E-state index in [0.717, 1.165) is 48.6 Å². The van der Waals surface area contributed by atoms with Crippen LogP contribution in [0.3, 0.4) is 0 Å². The van der Waals surface area contributed by atoms with Crippen molar-refractivity contribution in [2.75, 3.05) is 38.1 Å². The van der Waals surface area contributed by atoms with Gasteiger partial charge in [-0.2, -0.15) is 0 Å². The van der Waals surface area contributed by atoms with E-state index in [1.165, 1.54) is 10.1 Å². The number of hydrogen-bond donors (Lipinski definition) is 0. The maximum absolute atomic E-state index is 14.0. The largest absolute Gasteiger partial charge is 0.368 e. The average molecular weight is 503 g/mol. The van der Waals surface area contributed by atoms with Crippen molar-refractivity contribution >= 4 is 28.2 Å². The zero-order chi connectivity index (χ0) is 25.4. The monoisotopic (exact) mass is 502 g/mol. The predicted molar refractivity (Wildman–Crippen MR) is 148 cm³/mol. The zero-order valence-corrected chi connectivity index (χ0v) is 21.8. The first-order chi connectivity index (χ1) is 17.3. The summed E-state index contributed by atoms with van der Waals surface area (Å²) in [7, 11) is 2.10. The van der Waals surface area contributed by atoms with Gasteiger partial charge in [0.2, 0.25) is 0 Å². The molecule has 0 saturated carbocycles. The number of likely N-dealkylation sites (N-methyl/N-ethyl adjacent to an activating group) is 1. The number of rotatable bonds is 5. The topological polar surface area (TPSA) is 50.5 Å². The molecule has 0 radical (unpaired) electrons. The third-order valence-electron chi connectivity index (χ3n) is 7.21. The Morgan fingerprint density at radius 2 is 1.47 bits per heavy atom. The quantitative estimate of drug-likeness (QED) is 0.409. The van der Waals surface area contributed by atoms with Crippen LogP contribution in [0, 0.1) is 13.8 Å². The van der Waals surface area contributed by atoms with Gasteiger partial charge in [-0.15, -0.1) is 0 Å². The van der Waals surface area contributed by atoms with E-state index >= 15 is 0 Å². The third kappa shape index (κ3) is 4.71. The first-order valence-corrected chi connectivity index (χ1v) is 12.7. The molecule has 0 aliphatic carbocycles. The second-order valence-corrected chi connectivity index (χ2v) is 10.2. The summed E-state index contributed by atoms with van der Waals surface area (Å²) in [5.74, 6) is 0. The number of benzene rings is 3. The normalized spacial score (nSPS) is 14.5. The molecule has 2 heterocycles. The van der Waals surface area contributed by atoms with E-state index in [4.69, 9.17) is 11.6 Å². The highest BCUT2D eigenvalue weighted by atomic mass is 35.5. The summed E-state index contributed by atoms with van der Waals surface area (Å²) in [5, 5.41) is 1.06. The van der Waals surface area contributed by atoms with Gasteiger partial charge in [-0.3, -0.25) is 13.9 Å². The Morgan fingerprint density at radius 1 is 0.778 bits per heavy atom. The highest BCUT2D eigenvalue weighted by molar-refractivity contribution is 6.31. The van der Waals surface area contributed by atoms with Crippen LogP contribution in [0.2, 0.25) is 5.02 Å². The van der Waals surface area contributed by atoms with E-state index < -0.39 is 0 Å². The summed E-state index contributed by atoms with van der Waals surface area (Å²) in [6, 6.07) is 19.5. The molecule has 3 aromatic carbocycles. The first-order valence-electron chi connectivity index (χ1n) is 12.3.